The zero-order valence-corrected chi connectivity index (χ0v) is 17.8. The van der Waals surface area contributed by atoms with Crippen molar-refractivity contribution in [2.75, 3.05) is 5.32 Å². The van der Waals surface area contributed by atoms with Gasteiger partial charge in [-0.1, -0.05) is 48.5 Å². The number of rotatable bonds is 5. The van der Waals surface area contributed by atoms with Gasteiger partial charge in [-0.15, -0.1) is 0 Å². The van der Waals surface area contributed by atoms with E-state index in [0.29, 0.717) is 30.9 Å². The van der Waals surface area contributed by atoms with Crippen molar-refractivity contribution in [3.05, 3.63) is 76.7 Å². The number of fused-ring (bicyclic) bond motifs is 1. The van der Waals surface area contributed by atoms with Crippen LogP contribution in [0.25, 0.3) is 11.1 Å². The lowest BCUT2D eigenvalue weighted by Gasteiger charge is -2.20. The highest BCUT2D eigenvalue weighted by Gasteiger charge is 2.36. The van der Waals surface area contributed by atoms with Gasteiger partial charge in [0.2, 0.25) is 5.82 Å². The van der Waals surface area contributed by atoms with Gasteiger partial charge < -0.3 is 5.32 Å². The maximum Gasteiger partial charge on any atom is 0.451 e. The largest absolute Gasteiger partial charge is 0.451 e. The first kappa shape index (κ1) is 21.8. The van der Waals surface area contributed by atoms with Crippen LogP contribution >= 0.6 is 0 Å². The van der Waals surface area contributed by atoms with Gasteiger partial charge in [0.1, 0.15) is 12.0 Å². The van der Waals surface area contributed by atoms with Crippen molar-refractivity contribution in [2.24, 2.45) is 0 Å². The molecule has 0 spiro atoms. The molecule has 0 amide bonds. The Labute approximate surface area is 189 Å². The average molecular weight is 455 g/mol. The summed E-state index contributed by atoms with van der Waals surface area (Å²) in [6.45, 7) is 0.377. The van der Waals surface area contributed by atoms with Crippen molar-refractivity contribution < 1.29 is 13.2 Å². The van der Waals surface area contributed by atoms with Crippen LogP contribution in [0, 0.1) is 0 Å². The first-order valence-electron chi connectivity index (χ1n) is 10.9. The molecule has 2 aromatic carbocycles. The molecule has 0 unspecified atom stereocenters. The van der Waals surface area contributed by atoms with Gasteiger partial charge in [0.15, 0.2) is 0 Å². The number of aromatic nitrogens is 2. The molecule has 7 nitrogen and oxygen atoms in total. The van der Waals surface area contributed by atoms with Crippen LogP contribution in [0.5, 0.6) is 0 Å². The van der Waals surface area contributed by atoms with E-state index in [1.54, 1.807) is 0 Å². The molecule has 0 bridgehead atoms. The van der Waals surface area contributed by atoms with E-state index in [1.165, 1.54) is 0 Å². The van der Waals surface area contributed by atoms with E-state index in [0.717, 1.165) is 40.7 Å². The normalized spacial score (nSPS) is 16.6. The lowest BCUT2D eigenvalue weighted by atomic mass is 9.96. The van der Waals surface area contributed by atoms with Crippen LogP contribution in [0.3, 0.4) is 0 Å². The third-order valence-electron chi connectivity index (χ3n) is 5.93. The molecule has 10 heteroatoms. The zero-order valence-electron chi connectivity index (χ0n) is 17.8. The lowest BCUT2D eigenvalue weighted by Crippen LogP contribution is -2.33. The van der Waals surface area contributed by atoms with Gasteiger partial charge in [-0.3, -0.25) is 0 Å². The second-order valence-corrected chi connectivity index (χ2v) is 8.14. The van der Waals surface area contributed by atoms with Crippen LogP contribution in [-0.4, -0.2) is 9.97 Å². The van der Waals surface area contributed by atoms with E-state index >= 15 is 0 Å². The fourth-order valence-corrected chi connectivity index (χ4v) is 4.27. The van der Waals surface area contributed by atoms with Crippen LogP contribution < -0.4 is 27.2 Å². The Balaban J connectivity index is 1.35. The highest BCUT2D eigenvalue weighted by Crippen LogP contribution is 2.32. The van der Waals surface area contributed by atoms with Crippen molar-refractivity contribution in [1.29, 1.82) is 0 Å². The maximum absolute atomic E-state index is 13.3. The monoisotopic (exact) mass is 455 g/mol. The molecular weight excluding hydrogens is 431 g/mol. The summed E-state index contributed by atoms with van der Waals surface area (Å²) in [6, 6.07) is 16.0. The first-order valence-corrected chi connectivity index (χ1v) is 10.9. The van der Waals surface area contributed by atoms with Crippen LogP contribution in [-0.2, 0) is 25.6 Å². The van der Waals surface area contributed by atoms with Crippen molar-refractivity contribution >= 4 is 5.82 Å². The quantitative estimate of drug-likeness (QED) is 0.401. The number of hydrogen-bond acceptors (Lipinski definition) is 7. The molecule has 2 heterocycles. The van der Waals surface area contributed by atoms with Crippen LogP contribution in [0.1, 0.15) is 47.2 Å². The molecule has 172 valence electrons. The van der Waals surface area contributed by atoms with E-state index in [1.807, 2.05) is 42.5 Å². The molecule has 0 saturated carbocycles. The van der Waals surface area contributed by atoms with E-state index < -0.39 is 12.0 Å². The van der Waals surface area contributed by atoms with Gasteiger partial charge in [-0.05, 0) is 47.9 Å². The molecule has 1 saturated heterocycles. The van der Waals surface area contributed by atoms with Gasteiger partial charge in [0.05, 0.1) is 0 Å². The minimum atomic E-state index is -4.56. The smallest absolute Gasteiger partial charge is 0.366 e. The Morgan fingerprint density at radius 3 is 2.39 bits per heavy atom. The summed E-state index contributed by atoms with van der Waals surface area (Å²) in [6.07, 6.45) is -1.62. The number of nitrogens with one attached hydrogen (secondary N) is 5. The number of alkyl halides is 3. The van der Waals surface area contributed by atoms with Crippen LogP contribution in [0.4, 0.5) is 19.0 Å². The summed E-state index contributed by atoms with van der Waals surface area (Å²) < 4.78 is 39.8. The van der Waals surface area contributed by atoms with Crippen molar-refractivity contribution in [2.45, 2.75) is 44.6 Å². The topological polar surface area (TPSA) is 85.9 Å². The fraction of sp³-hybridized carbons (Fsp3) is 0.304. The highest BCUT2D eigenvalue weighted by molar-refractivity contribution is 5.68. The molecule has 0 atom stereocenters. The SMILES string of the molecule is FC(F)(F)c1nc2c(c(NCc3ccc(-c4ccccc4C4NNNN4)cc3)n1)CCCC2. The van der Waals surface area contributed by atoms with Crippen molar-refractivity contribution in [3.63, 3.8) is 0 Å². The predicted octanol–water partition coefficient (Wildman–Crippen LogP) is 3.77. The Hall–Kier alpha value is -3.05. The van der Waals surface area contributed by atoms with E-state index in [2.05, 4.69) is 43.3 Å². The first-order chi connectivity index (χ1) is 16.0. The number of halogens is 3. The second-order valence-electron chi connectivity index (χ2n) is 8.14. The average Bonchev–Trinajstić information content (AvgIpc) is 3.37. The van der Waals surface area contributed by atoms with Crippen molar-refractivity contribution in [1.82, 2.24) is 31.9 Å². The van der Waals surface area contributed by atoms with Gasteiger partial charge in [0.25, 0.3) is 0 Å². The van der Waals surface area contributed by atoms with E-state index in [4.69, 9.17) is 0 Å². The van der Waals surface area contributed by atoms with Gasteiger partial charge in [0, 0.05) is 17.8 Å². The van der Waals surface area contributed by atoms with Crippen molar-refractivity contribution in [3.8, 4) is 11.1 Å². The Morgan fingerprint density at radius 2 is 1.64 bits per heavy atom. The summed E-state index contributed by atoms with van der Waals surface area (Å²) in [5, 5.41) is 3.13. The molecule has 1 aliphatic carbocycles. The molecule has 33 heavy (non-hydrogen) atoms. The summed E-state index contributed by atoms with van der Waals surface area (Å²) in [5.74, 6) is -0.782. The molecule has 1 fully saturated rings. The molecule has 0 radical (unpaired) electrons. The number of anilines is 1. The molecule has 2 aliphatic rings. The van der Waals surface area contributed by atoms with E-state index in [9.17, 15) is 13.2 Å². The Bertz CT molecular complexity index is 1130. The Morgan fingerprint density at radius 1 is 0.909 bits per heavy atom. The number of nitrogens with zero attached hydrogens (tertiary/aromatic N) is 2. The molecule has 5 N–H and O–H groups in total. The number of benzene rings is 2. The molecule has 3 aromatic rings. The molecular formula is C23H24F3N7. The van der Waals surface area contributed by atoms with E-state index in [-0.39, 0.29) is 6.17 Å². The summed E-state index contributed by atoms with van der Waals surface area (Å²) in [7, 11) is 0. The molecule has 1 aromatic heterocycles. The summed E-state index contributed by atoms with van der Waals surface area (Å²) in [4.78, 5) is 7.61. The van der Waals surface area contributed by atoms with Gasteiger partial charge in [-0.2, -0.15) is 24.2 Å². The minimum Gasteiger partial charge on any atom is -0.366 e. The maximum atomic E-state index is 13.3. The second kappa shape index (κ2) is 9.06. The number of hydrogen-bond donors (Lipinski definition) is 5. The zero-order chi connectivity index (χ0) is 22.8. The number of aryl methyl sites for hydroxylation is 1. The molecule has 1 aliphatic heterocycles. The fourth-order valence-electron chi connectivity index (χ4n) is 4.27. The third-order valence-corrected chi connectivity index (χ3v) is 5.93. The standard InChI is InChI=1S/C23H24F3N7/c24-23(25,26)22-28-19-8-4-3-7-18(19)20(29-22)27-13-14-9-11-15(12-10-14)16-5-1-2-6-17(16)21-30-32-33-31-21/h1-2,5-6,9-12,21,30-33H,3-4,7-8,13H2,(H,27,28,29). The Kier molecular flexibility index (Phi) is 5.98. The highest BCUT2D eigenvalue weighted by atomic mass is 19.4. The van der Waals surface area contributed by atoms with Gasteiger partial charge >= 0.3 is 6.18 Å². The predicted molar refractivity (Wildman–Crippen MR) is 118 cm³/mol. The van der Waals surface area contributed by atoms with Crippen LogP contribution in [0.15, 0.2) is 48.5 Å². The third kappa shape index (κ3) is 4.69. The number of hydrazine groups is 3. The lowest BCUT2D eigenvalue weighted by molar-refractivity contribution is -0.145. The minimum absolute atomic E-state index is 0.0886. The van der Waals surface area contributed by atoms with Crippen LogP contribution in [0.2, 0.25) is 0 Å². The summed E-state index contributed by atoms with van der Waals surface area (Å²) >= 11 is 0. The van der Waals surface area contributed by atoms with Gasteiger partial charge in [-0.25, -0.2) is 20.8 Å². The molecule has 5 rings (SSSR count). The summed E-state index contributed by atoms with van der Waals surface area (Å²) in [5.41, 5.74) is 17.3.